The molecule has 33 heavy (non-hydrogen) atoms. The first-order valence-corrected chi connectivity index (χ1v) is 11.5. The van der Waals surface area contributed by atoms with E-state index >= 15 is 0 Å². The quantitative estimate of drug-likeness (QED) is 0.356. The van der Waals surface area contributed by atoms with Crippen LogP contribution in [0.1, 0.15) is 39.9 Å². The summed E-state index contributed by atoms with van der Waals surface area (Å²) in [7, 11) is 0. The van der Waals surface area contributed by atoms with E-state index < -0.39 is 23.9 Å². The van der Waals surface area contributed by atoms with E-state index in [1.807, 2.05) is 17.7 Å². The summed E-state index contributed by atoms with van der Waals surface area (Å²) < 4.78 is 7.25. The maximum Gasteiger partial charge on any atom is 0.338 e. The third kappa shape index (κ3) is 5.52. The van der Waals surface area contributed by atoms with E-state index in [4.69, 9.17) is 21.4 Å². The standard InChI is InChI=1S/C22H21ClN4O5S/c1-4-18(19(28)24-17-11-14(20(29)30)7-10-16(17)23)32-21(31)13-5-8-15(9-6-13)27-12(2)25-26-22(27)33-3/h5-11,18H,4H2,1-3H3,(H,24,28)(H,29,30). The average Bonchev–Trinajstić information content (AvgIpc) is 3.18. The second kappa shape index (κ2) is 10.5. The van der Waals surface area contributed by atoms with E-state index in [1.54, 1.807) is 31.2 Å². The molecule has 0 aliphatic carbocycles. The molecular weight excluding hydrogens is 468 g/mol. The number of nitrogens with one attached hydrogen (secondary N) is 1. The van der Waals surface area contributed by atoms with Crippen molar-refractivity contribution in [3.8, 4) is 5.69 Å². The fraction of sp³-hybridized carbons (Fsp3) is 0.227. The first-order chi connectivity index (χ1) is 15.7. The van der Waals surface area contributed by atoms with Crippen LogP contribution >= 0.6 is 23.4 Å². The molecule has 0 spiro atoms. The normalized spacial score (nSPS) is 11.6. The zero-order valence-electron chi connectivity index (χ0n) is 18.0. The van der Waals surface area contributed by atoms with Gasteiger partial charge in [0, 0.05) is 5.69 Å². The summed E-state index contributed by atoms with van der Waals surface area (Å²) in [5.41, 5.74) is 1.14. The Bertz CT molecular complexity index is 1200. The number of carboxylic acid groups (broad SMARTS) is 1. The van der Waals surface area contributed by atoms with Gasteiger partial charge in [-0.1, -0.05) is 30.3 Å². The summed E-state index contributed by atoms with van der Waals surface area (Å²) in [6.07, 6.45) is 1.01. The number of carboxylic acids is 1. The molecule has 0 radical (unpaired) electrons. The fourth-order valence-electron chi connectivity index (χ4n) is 3.01. The third-order valence-electron chi connectivity index (χ3n) is 4.72. The van der Waals surface area contributed by atoms with Crippen molar-refractivity contribution in [1.29, 1.82) is 0 Å². The fourth-order valence-corrected chi connectivity index (χ4v) is 3.71. The number of ether oxygens (including phenoxy) is 1. The van der Waals surface area contributed by atoms with Gasteiger partial charge in [0.05, 0.1) is 21.8 Å². The predicted octanol–water partition coefficient (Wildman–Crippen LogP) is 4.22. The number of nitrogens with zero attached hydrogens (tertiary/aromatic N) is 3. The molecule has 2 N–H and O–H groups in total. The molecular formula is C22H21ClN4O5S. The van der Waals surface area contributed by atoms with E-state index in [9.17, 15) is 14.4 Å². The summed E-state index contributed by atoms with van der Waals surface area (Å²) in [5, 5.41) is 20.7. The van der Waals surface area contributed by atoms with Crippen LogP contribution in [0.2, 0.25) is 5.02 Å². The van der Waals surface area contributed by atoms with Gasteiger partial charge in [0.1, 0.15) is 5.82 Å². The molecule has 172 valence electrons. The largest absolute Gasteiger partial charge is 0.478 e. The number of thioether (sulfide) groups is 1. The molecule has 0 fully saturated rings. The lowest BCUT2D eigenvalue weighted by atomic mass is 10.1. The van der Waals surface area contributed by atoms with Crippen LogP contribution in [-0.2, 0) is 9.53 Å². The highest BCUT2D eigenvalue weighted by atomic mass is 35.5. The maximum absolute atomic E-state index is 12.6. The van der Waals surface area contributed by atoms with Crippen molar-refractivity contribution in [2.24, 2.45) is 0 Å². The minimum atomic E-state index is -1.16. The Kier molecular flexibility index (Phi) is 7.72. The summed E-state index contributed by atoms with van der Waals surface area (Å²) in [6.45, 7) is 3.52. The number of aryl methyl sites for hydroxylation is 1. The van der Waals surface area contributed by atoms with Gasteiger partial charge in [-0.3, -0.25) is 9.36 Å². The van der Waals surface area contributed by atoms with Gasteiger partial charge in [0.15, 0.2) is 11.3 Å². The molecule has 11 heteroatoms. The van der Waals surface area contributed by atoms with Crippen LogP contribution < -0.4 is 5.32 Å². The number of carbonyl (C=O) groups is 3. The highest BCUT2D eigenvalue weighted by Crippen LogP contribution is 2.24. The molecule has 1 aromatic heterocycles. The van der Waals surface area contributed by atoms with E-state index in [2.05, 4.69) is 15.5 Å². The second-order valence-corrected chi connectivity index (χ2v) is 8.09. The molecule has 1 unspecified atom stereocenters. The summed E-state index contributed by atoms with van der Waals surface area (Å²) in [4.78, 5) is 36.4. The van der Waals surface area contributed by atoms with E-state index in [0.717, 1.165) is 10.8 Å². The van der Waals surface area contributed by atoms with Crippen molar-refractivity contribution < 1.29 is 24.2 Å². The Hall–Kier alpha value is -3.37. The number of hydrogen-bond donors (Lipinski definition) is 2. The van der Waals surface area contributed by atoms with Crippen molar-refractivity contribution in [3.63, 3.8) is 0 Å². The molecule has 3 rings (SSSR count). The number of amides is 1. The van der Waals surface area contributed by atoms with Gasteiger partial charge in [-0.2, -0.15) is 0 Å². The Morgan fingerprint density at radius 3 is 2.42 bits per heavy atom. The van der Waals surface area contributed by atoms with Gasteiger partial charge < -0.3 is 15.2 Å². The van der Waals surface area contributed by atoms with Gasteiger partial charge in [-0.05, 0) is 62.1 Å². The minimum Gasteiger partial charge on any atom is -0.478 e. The first kappa shape index (κ1) is 24.3. The highest BCUT2D eigenvalue weighted by molar-refractivity contribution is 7.98. The zero-order chi connectivity index (χ0) is 24.1. The number of carbonyl (C=O) groups excluding carboxylic acids is 2. The lowest BCUT2D eigenvalue weighted by Gasteiger charge is -2.17. The van der Waals surface area contributed by atoms with Gasteiger partial charge in [0.25, 0.3) is 5.91 Å². The van der Waals surface area contributed by atoms with Crippen molar-refractivity contribution >= 4 is 46.9 Å². The number of esters is 1. The van der Waals surface area contributed by atoms with Gasteiger partial charge in [0.2, 0.25) is 0 Å². The summed E-state index contributed by atoms with van der Waals surface area (Å²) in [5.74, 6) is -1.73. The molecule has 0 aliphatic heterocycles. The van der Waals surface area contributed by atoms with Crippen molar-refractivity contribution in [3.05, 3.63) is 64.4 Å². The lowest BCUT2D eigenvalue weighted by molar-refractivity contribution is -0.124. The molecule has 0 aliphatic rings. The number of aromatic carboxylic acids is 1. The summed E-state index contributed by atoms with van der Waals surface area (Å²) in [6, 6.07) is 10.6. The highest BCUT2D eigenvalue weighted by Gasteiger charge is 2.23. The van der Waals surface area contributed by atoms with Gasteiger partial charge in [-0.15, -0.1) is 10.2 Å². The lowest BCUT2D eigenvalue weighted by Crippen LogP contribution is -2.32. The number of benzene rings is 2. The Morgan fingerprint density at radius 2 is 1.82 bits per heavy atom. The summed E-state index contributed by atoms with van der Waals surface area (Å²) >= 11 is 7.51. The topological polar surface area (TPSA) is 123 Å². The first-order valence-electron chi connectivity index (χ1n) is 9.86. The third-order valence-corrected chi connectivity index (χ3v) is 5.68. The van der Waals surface area contributed by atoms with Crippen LogP contribution in [0.25, 0.3) is 5.69 Å². The molecule has 0 saturated carbocycles. The number of rotatable bonds is 8. The molecule has 1 atom stereocenters. The van der Waals surface area contributed by atoms with Crippen LogP contribution in [0.15, 0.2) is 47.6 Å². The number of anilines is 1. The number of halogens is 1. The van der Waals surface area contributed by atoms with Crippen LogP contribution in [0.4, 0.5) is 5.69 Å². The molecule has 1 heterocycles. The molecule has 3 aromatic rings. The molecule has 2 aromatic carbocycles. The van der Waals surface area contributed by atoms with Gasteiger partial charge in [-0.25, -0.2) is 9.59 Å². The SMILES string of the molecule is CCC(OC(=O)c1ccc(-n2c(C)nnc2SC)cc1)C(=O)Nc1cc(C(=O)O)ccc1Cl. The number of aromatic nitrogens is 3. The Balaban J connectivity index is 1.72. The van der Waals surface area contributed by atoms with Gasteiger partial charge >= 0.3 is 11.9 Å². The molecule has 0 saturated heterocycles. The Morgan fingerprint density at radius 1 is 1.15 bits per heavy atom. The predicted molar refractivity (Wildman–Crippen MR) is 124 cm³/mol. The van der Waals surface area contributed by atoms with E-state index in [-0.39, 0.29) is 28.3 Å². The molecule has 0 bridgehead atoms. The van der Waals surface area contributed by atoms with E-state index in [0.29, 0.717) is 5.82 Å². The monoisotopic (exact) mass is 488 g/mol. The zero-order valence-corrected chi connectivity index (χ0v) is 19.6. The Labute approximate surface area is 199 Å². The van der Waals surface area contributed by atoms with Crippen molar-refractivity contribution in [2.45, 2.75) is 31.5 Å². The molecule has 9 nitrogen and oxygen atoms in total. The molecule has 1 amide bonds. The average molecular weight is 489 g/mol. The van der Waals surface area contributed by atoms with Crippen LogP contribution in [0.5, 0.6) is 0 Å². The van der Waals surface area contributed by atoms with E-state index in [1.165, 1.54) is 30.0 Å². The maximum atomic E-state index is 12.6. The van der Waals surface area contributed by atoms with Crippen LogP contribution in [0.3, 0.4) is 0 Å². The second-order valence-electron chi connectivity index (χ2n) is 6.91. The van der Waals surface area contributed by atoms with Crippen LogP contribution in [0, 0.1) is 6.92 Å². The minimum absolute atomic E-state index is 0.0345. The van der Waals surface area contributed by atoms with Crippen molar-refractivity contribution in [1.82, 2.24) is 14.8 Å². The van der Waals surface area contributed by atoms with Crippen LogP contribution in [-0.4, -0.2) is 50.1 Å². The smallest absolute Gasteiger partial charge is 0.338 e. The number of hydrogen-bond acceptors (Lipinski definition) is 7. The van der Waals surface area contributed by atoms with Crippen molar-refractivity contribution in [2.75, 3.05) is 11.6 Å².